The number of amides is 1. The third-order valence-corrected chi connectivity index (χ3v) is 2.27. The largest absolute Gasteiger partial charge is 0.464 e. The average Bonchev–Trinajstić information content (AvgIpc) is 2.47. The van der Waals surface area contributed by atoms with Gasteiger partial charge in [-0.05, 0) is 19.8 Å². The quantitative estimate of drug-likeness (QED) is 0.650. The van der Waals surface area contributed by atoms with Gasteiger partial charge < -0.3 is 10.1 Å². The van der Waals surface area contributed by atoms with Crippen molar-refractivity contribution in [2.24, 2.45) is 5.92 Å². The lowest BCUT2D eigenvalue weighted by atomic mass is 10.0. The fourth-order valence-corrected chi connectivity index (χ4v) is 1.49. The van der Waals surface area contributed by atoms with Crippen LogP contribution >= 0.6 is 0 Å². The Morgan fingerprint density at radius 1 is 1.62 bits per heavy atom. The fraction of sp³-hybridized carbons (Fsp3) is 0.778. The van der Waals surface area contributed by atoms with E-state index in [-0.39, 0.29) is 17.8 Å². The maximum Gasteiger partial charge on any atom is 0.328 e. The van der Waals surface area contributed by atoms with E-state index in [1.165, 1.54) is 0 Å². The van der Waals surface area contributed by atoms with Gasteiger partial charge in [0.05, 0.1) is 6.61 Å². The summed E-state index contributed by atoms with van der Waals surface area (Å²) in [6, 6.07) is -0.419. The minimum absolute atomic E-state index is 0.0191. The number of esters is 1. The lowest BCUT2D eigenvalue weighted by molar-refractivity contribution is -0.145. The number of hydrogen-bond acceptors (Lipinski definition) is 3. The van der Waals surface area contributed by atoms with E-state index >= 15 is 0 Å². The molecule has 1 aliphatic rings. The van der Waals surface area contributed by atoms with Crippen LogP contribution < -0.4 is 5.32 Å². The van der Waals surface area contributed by atoms with Crippen LogP contribution in [0.15, 0.2) is 0 Å². The van der Waals surface area contributed by atoms with Crippen LogP contribution in [0.4, 0.5) is 0 Å². The second-order valence-electron chi connectivity index (χ2n) is 3.15. The molecule has 0 bridgehead atoms. The molecule has 74 valence electrons. The van der Waals surface area contributed by atoms with Crippen molar-refractivity contribution >= 4 is 11.9 Å². The molecule has 2 atom stereocenters. The Balaban J connectivity index is 2.48. The number of ether oxygens (including phenoxy) is 1. The zero-order chi connectivity index (χ0) is 9.84. The molecule has 13 heavy (non-hydrogen) atoms. The van der Waals surface area contributed by atoms with Crippen molar-refractivity contribution < 1.29 is 14.3 Å². The third-order valence-electron chi connectivity index (χ3n) is 2.27. The SMILES string of the molecule is CCOC(=O)[C@@H]1C[C@@H](CC)C(=O)N1. The molecule has 1 heterocycles. The normalized spacial score (nSPS) is 27.1. The van der Waals surface area contributed by atoms with Crippen molar-refractivity contribution in [1.29, 1.82) is 0 Å². The summed E-state index contributed by atoms with van der Waals surface area (Å²) in [4.78, 5) is 22.4. The number of rotatable bonds is 3. The van der Waals surface area contributed by atoms with Crippen LogP contribution in [0.1, 0.15) is 26.7 Å². The first kappa shape index (κ1) is 10.0. The Labute approximate surface area is 77.6 Å². The molecule has 0 radical (unpaired) electrons. The van der Waals surface area contributed by atoms with Crippen molar-refractivity contribution in [3.63, 3.8) is 0 Å². The summed E-state index contributed by atoms with van der Waals surface area (Å²) < 4.78 is 4.81. The van der Waals surface area contributed by atoms with Crippen molar-refractivity contribution in [3.05, 3.63) is 0 Å². The maximum absolute atomic E-state index is 11.2. The van der Waals surface area contributed by atoms with Gasteiger partial charge >= 0.3 is 5.97 Å². The van der Waals surface area contributed by atoms with Crippen LogP contribution in [0.5, 0.6) is 0 Å². The summed E-state index contributed by atoms with van der Waals surface area (Å²) in [5.41, 5.74) is 0. The van der Waals surface area contributed by atoms with Crippen molar-refractivity contribution in [1.82, 2.24) is 5.32 Å². The number of carbonyl (C=O) groups excluding carboxylic acids is 2. The molecule has 4 heteroatoms. The zero-order valence-corrected chi connectivity index (χ0v) is 8.00. The Hall–Kier alpha value is -1.06. The number of nitrogens with one attached hydrogen (secondary N) is 1. The Morgan fingerprint density at radius 3 is 2.77 bits per heavy atom. The van der Waals surface area contributed by atoms with Crippen LogP contribution in [0.3, 0.4) is 0 Å². The smallest absolute Gasteiger partial charge is 0.328 e. The van der Waals surface area contributed by atoms with Gasteiger partial charge in [0, 0.05) is 5.92 Å². The highest BCUT2D eigenvalue weighted by atomic mass is 16.5. The van der Waals surface area contributed by atoms with Crippen molar-refractivity contribution in [2.75, 3.05) is 6.61 Å². The van der Waals surface area contributed by atoms with Crippen LogP contribution in [0.2, 0.25) is 0 Å². The molecule has 0 spiro atoms. The predicted octanol–water partition coefficient (Wildman–Crippen LogP) is 0.464. The van der Waals surface area contributed by atoms with Gasteiger partial charge in [0.1, 0.15) is 6.04 Å². The molecule has 1 rings (SSSR count). The number of carbonyl (C=O) groups is 2. The zero-order valence-electron chi connectivity index (χ0n) is 8.00. The first-order chi connectivity index (χ1) is 6.19. The van der Waals surface area contributed by atoms with Crippen molar-refractivity contribution in [3.8, 4) is 0 Å². The molecular formula is C9H15NO3. The van der Waals surface area contributed by atoms with Crippen LogP contribution in [0.25, 0.3) is 0 Å². The summed E-state index contributed by atoms with van der Waals surface area (Å²) in [5.74, 6) is -0.359. The van der Waals surface area contributed by atoms with E-state index in [9.17, 15) is 9.59 Å². The molecule has 1 aliphatic heterocycles. The van der Waals surface area contributed by atoms with Gasteiger partial charge in [-0.15, -0.1) is 0 Å². The highest BCUT2D eigenvalue weighted by Crippen LogP contribution is 2.19. The van der Waals surface area contributed by atoms with Gasteiger partial charge in [-0.2, -0.15) is 0 Å². The molecule has 1 N–H and O–H groups in total. The molecule has 0 aliphatic carbocycles. The summed E-state index contributed by atoms with van der Waals surface area (Å²) in [6.45, 7) is 4.06. The fourth-order valence-electron chi connectivity index (χ4n) is 1.49. The molecular weight excluding hydrogens is 170 g/mol. The standard InChI is InChI=1S/C9H15NO3/c1-3-6-5-7(10-8(6)11)9(12)13-4-2/h6-7H,3-5H2,1-2H3,(H,10,11)/t6-,7+/m1/s1. The Bertz CT molecular complexity index is 215. The van der Waals surface area contributed by atoms with E-state index in [0.29, 0.717) is 13.0 Å². The summed E-state index contributed by atoms with van der Waals surface area (Å²) >= 11 is 0. The lowest BCUT2D eigenvalue weighted by Crippen LogP contribution is -2.34. The van der Waals surface area contributed by atoms with E-state index < -0.39 is 6.04 Å². The molecule has 1 saturated heterocycles. The van der Waals surface area contributed by atoms with Gasteiger partial charge in [0.15, 0.2) is 0 Å². The number of hydrogen-bond donors (Lipinski definition) is 1. The summed E-state index contributed by atoms with van der Waals surface area (Å²) in [5, 5.41) is 2.63. The first-order valence-electron chi connectivity index (χ1n) is 4.66. The molecule has 0 aromatic carbocycles. The Kier molecular flexibility index (Phi) is 3.28. The molecule has 0 aromatic rings. The minimum Gasteiger partial charge on any atom is -0.464 e. The average molecular weight is 185 g/mol. The van der Waals surface area contributed by atoms with Crippen LogP contribution in [0, 0.1) is 5.92 Å². The summed E-state index contributed by atoms with van der Waals surface area (Å²) in [7, 11) is 0. The minimum atomic E-state index is -0.419. The third kappa shape index (κ3) is 2.20. The van der Waals surface area contributed by atoms with E-state index in [1.54, 1.807) is 6.92 Å². The van der Waals surface area contributed by atoms with Crippen LogP contribution in [-0.2, 0) is 14.3 Å². The topological polar surface area (TPSA) is 55.4 Å². The lowest BCUT2D eigenvalue weighted by Gasteiger charge is -2.07. The molecule has 0 aromatic heterocycles. The van der Waals surface area contributed by atoms with Gasteiger partial charge in [0.2, 0.25) is 5.91 Å². The first-order valence-corrected chi connectivity index (χ1v) is 4.66. The van der Waals surface area contributed by atoms with Gasteiger partial charge in [-0.3, -0.25) is 4.79 Å². The Morgan fingerprint density at radius 2 is 2.31 bits per heavy atom. The molecule has 0 unspecified atom stereocenters. The second-order valence-corrected chi connectivity index (χ2v) is 3.15. The molecule has 0 saturated carbocycles. The monoisotopic (exact) mass is 185 g/mol. The van der Waals surface area contributed by atoms with Gasteiger partial charge in [-0.25, -0.2) is 4.79 Å². The maximum atomic E-state index is 11.2. The summed E-state index contributed by atoms with van der Waals surface area (Å²) in [6.07, 6.45) is 1.36. The van der Waals surface area contributed by atoms with Crippen molar-refractivity contribution in [2.45, 2.75) is 32.7 Å². The highest BCUT2D eigenvalue weighted by Gasteiger charge is 2.35. The van der Waals surface area contributed by atoms with Gasteiger partial charge in [-0.1, -0.05) is 6.92 Å². The van der Waals surface area contributed by atoms with E-state index in [4.69, 9.17) is 4.74 Å². The highest BCUT2D eigenvalue weighted by molar-refractivity contribution is 5.89. The second kappa shape index (κ2) is 4.25. The molecule has 1 fully saturated rings. The van der Waals surface area contributed by atoms with Crippen LogP contribution in [-0.4, -0.2) is 24.5 Å². The van der Waals surface area contributed by atoms with E-state index in [0.717, 1.165) is 6.42 Å². The van der Waals surface area contributed by atoms with Gasteiger partial charge in [0.25, 0.3) is 0 Å². The molecule has 4 nitrogen and oxygen atoms in total. The predicted molar refractivity (Wildman–Crippen MR) is 47.0 cm³/mol. The molecule has 1 amide bonds. The van der Waals surface area contributed by atoms with E-state index in [1.807, 2.05) is 6.92 Å². The van der Waals surface area contributed by atoms with E-state index in [2.05, 4.69) is 5.32 Å².